The lowest BCUT2D eigenvalue weighted by Crippen LogP contribution is -2.54. The van der Waals surface area contributed by atoms with Crippen LogP contribution in [0, 0.1) is 16.7 Å². The maximum Gasteiger partial charge on any atom is 0.413 e. The van der Waals surface area contributed by atoms with E-state index < -0.39 is 17.8 Å². The van der Waals surface area contributed by atoms with Gasteiger partial charge in [0.15, 0.2) is 5.54 Å². The van der Waals surface area contributed by atoms with Gasteiger partial charge in [-0.1, -0.05) is 50.6 Å². The summed E-state index contributed by atoms with van der Waals surface area (Å²) in [5, 5.41) is 22.5. The SMILES string of the molecule is CC(C)(C)CNc1c(C#N)cnc2c(Cl)cc(N[C@@H]3C4=CN(C5(C(F)(F)F)CC5)NN4c4cncc5cccc3c45)cc12. The molecule has 3 N–H and O–H groups in total. The predicted molar refractivity (Wildman–Crippen MR) is 161 cm³/mol. The third kappa shape index (κ3) is 4.39. The van der Waals surface area contributed by atoms with E-state index in [0.29, 0.717) is 50.8 Å². The minimum atomic E-state index is -4.40. The summed E-state index contributed by atoms with van der Waals surface area (Å²) >= 11 is 6.76. The van der Waals surface area contributed by atoms with Crippen molar-refractivity contribution in [2.75, 3.05) is 22.2 Å². The van der Waals surface area contributed by atoms with Crippen LogP contribution in [0.1, 0.15) is 50.8 Å². The van der Waals surface area contributed by atoms with Gasteiger partial charge in [0.05, 0.1) is 45.4 Å². The highest BCUT2D eigenvalue weighted by molar-refractivity contribution is 6.35. The summed E-state index contributed by atoms with van der Waals surface area (Å²) in [7, 11) is 0. The summed E-state index contributed by atoms with van der Waals surface area (Å²) in [5.74, 6) is 0. The number of rotatable bonds is 5. The van der Waals surface area contributed by atoms with Crippen LogP contribution in [-0.2, 0) is 0 Å². The normalized spacial score (nSPS) is 18.8. The van der Waals surface area contributed by atoms with E-state index in [-0.39, 0.29) is 18.3 Å². The summed E-state index contributed by atoms with van der Waals surface area (Å²) in [6.07, 6.45) is 2.07. The van der Waals surface area contributed by atoms with Gasteiger partial charge in [-0.15, -0.1) is 5.53 Å². The second-order valence-electron chi connectivity index (χ2n) is 12.5. The first-order chi connectivity index (χ1) is 20.4. The van der Waals surface area contributed by atoms with Crippen LogP contribution in [-0.4, -0.2) is 33.2 Å². The number of aromatic nitrogens is 2. The lowest BCUT2D eigenvalue weighted by Gasteiger charge is -2.36. The van der Waals surface area contributed by atoms with Gasteiger partial charge in [-0.25, -0.2) is 0 Å². The number of hydrazine groups is 2. The summed E-state index contributed by atoms with van der Waals surface area (Å²) in [4.78, 5) is 8.81. The van der Waals surface area contributed by atoms with Crippen molar-refractivity contribution in [3.8, 4) is 6.07 Å². The van der Waals surface area contributed by atoms with E-state index in [1.54, 1.807) is 29.7 Å². The Morgan fingerprint density at radius 2 is 1.95 bits per heavy atom. The fraction of sp³-hybridized carbons (Fsp3) is 0.323. The molecule has 12 heteroatoms. The molecular weight excluding hydrogens is 577 g/mol. The minimum Gasteiger partial charge on any atom is -0.383 e. The van der Waals surface area contributed by atoms with Gasteiger partial charge in [0, 0.05) is 47.0 Å². The molecule has 4 heterocycles. The number of benzene rings is 2. The van der Waals surface area contributed by atoms with E-state index in [1.807, 2.05) is 24.3 Å². The molecule has 1 aliphatic carbocycles. The minimum absolute atomic E-state index is 0.00741. The fourth-order valence-corrected chi connectivity index (χ4v) is 6.15. The van der Waals surface area contributed by atoms with Crippen LogP contribution in [0.5, 0.6) is 0 Å². The zero-order valence-electron chi connectivity index (χ0n) is 23.6. The van der Waals surface area contributed by atoms with Crippen molar-refractivity contribution in [2.45, 2.75) is 51.4 Å². The Balaban J connectivity index is 1.36. The summed E-state index contributed by atoms with van der Waals surface area (Å²) < 4.78 is 42.5. The van der Waals surface area contributed by atoms with E-state index >= 15 is 0 Å². The van der Waals surface area contributed by atoms with E-state index in [0.717, 1.165) is 16.3 Å². The number of hydrogen-bond donors (Lipinski definition) is 3. The van der Waals surface area contributed by atoms with E-state index in [1.165, 1.54) is 11.2 Å². The first-order valence-corrected chi connectivity index (χ1v) is 14.3. The Hall–Kier alpha value is -4.27. The van der Waals surface area contributed by atoms with Gasteiger partial charge >= 0.3 is 6.18 Å². The highest BCUT2D eigenvalue weighted by Gasteiger charge is 2.68. The van der Waals surface area contributed by atoms with Crippen LogP contribution >= 0.6 is 11.6 Å². The standard InChI is InChI=1S/C31H28ClF3N8/c1-29(2,3)16-39-26-18(11-36)13-38-27-21(26)9-19(10-22(27)32)40-28-20-6-4-5-17-12-37-14-23(25(17)20)43-24(28)15-42(41-43)30(7-8-30)31(33,34)35/h4-6,9-10,12-15,28,40-41H,7-8,16H2,1-3H3,(H,38,39)/t28-/m0/s1. The number of alkyl halides is 3. The Morgan fingerprint density at radius 1 is 1.16 bits per heavy atom. The maximum absolute atomic E-state index is 14.2. The summed E-state index contributed by atoms with van der Waals surface area (Å²) in [5.41, 5.74) is 5.33. The second kappa shape index (κ2) is 9.36. The van der Waals surface area contributed by atoms with Crippen LogP contribution < -0.4 is 21.2 Å². The molecule has 0 spiro atoms. The van der Waals surface area contributed by atoms with Gasteiger partial charge in [0.25, 0.3) is 0 Å². The number of fused-ring (bicyclic) bond motifs is 3. The van der Waals surface area contributed by atoms with E-state index in [9.17, 15) is 18.4 Å². The van der Waals surface area contributed by atoms with Crippen molar-refractivity contribution in [1.29, 1.82) is 5.26 Å². The number of nitrogens with one attached hydrogen (secondary N) is 3. The highest BCUT2D eigenvalue weighted by atomic mass is 35.5. The molecular formula is C31H28ClF3N8. The zero-order valence-corrected chi connectivity index (χ0v) is 24.4. The molecule has 220 valence electrons. The molecule has 2 aromatic heterocycles. The molecule has 0 saturated heterocycles. The molecule has 2 aliphatic heterocycles. The quantitative estimate of drug-likeness (QED) is 0.217. The maximum atomic E-state index is 14.2. The number of pyridine rings is 2. The van der Waals surface area contributed by atoms with Crippen molar-refractivity contribution >= 4 is 50.3 Å². The average Bonchev–Trinajstić information content (AvgIpc) is 3.66. The van der Waals surface area contributed by atoms with Crippen molar-refractivity contribution in [3.05, 3.63) is 77.0 Å². The van der Waals surface area contributed by atoms with Crippen LogP contribution in [0.15, 0.2) is 60.8 Å². The van der Waals surface area contributed by atoms with Gasteiger partial charge in [-0.2, -0.15) is 18.4 Å². The molecule has 0 unspecified atom stereocenters. The monoisotopic (exact) mass is 604 g/mol. The largest absolute Gasteiger partial charge is 0.413 e. The molecule has 1 saturated carbocycles. The number of nitriles is 1. The summed E-state index contributed by atoms with van der Waals surface area (Å²) in [6.45, 7) is 6.88. The van der Waals surface area contributed by atoms with Gasteiger partial charge in [0.2, 0.25) is 0 Å². The van der Waals surface area contributed by atoms with Crippen LogP contribution in [0.3, 0.4) is 0 Å². The summed E-state index contributed by atoms with van der Waals surface area (Å²) in [6, 6.07) is 11.1. The number of anilines is 3. The molecule has 7 rings (SSSR count). The fourth-order valence-electron chi connectivity index (χ4n) is 5.88. The Kier molecular flexibility index (Phi) is 6.00. The molecule has 2 aromatic carbocycles. The molecule has 1 atom stereocenters. The van der Waals surface area contributed by atoms with Gasteiger partial charge in [0.1, 0.15) is 6.07 Å². The van der Waals surface area contributed by atoms with Crippen molar-refractivity contribution in [3.63, 3.8) is 0 Å². The number of halogens is 4. The van der Waals surface area contributed by atoms with Crippen LogP contribution in [0.2, 0.25) is 5.02 Å². The zero-order chi connectivity index (χ0) is 30.3. The molecule has 1 fully saturated rings. The highest BCUT2D eigenvalue weighted by Crippen LogP contribution is 2.56. The van der Waals surface area contributed by atoms with Crippen LogP contribution in [0.25, 0.3) is 21.7 Å². The van der Waals surface area contributed by atoms with Gasteiger partial charge in [-0.05, 0) is 36.0 Å². The Morgan fingerprint density at radius 3 is 2.65 bits per heavy atom. The Bertz CT molecular complexity index is 1860. The number of hydrogen-bond acceptors (Lipinski definition) is 8. The molecule has 43 heavy (non-hydrogen) atoms. The topological polar surface area (TPSA) is 92.1 Å². The molecule has 0 radical (unpaired) electrons. The van der Waals surface area contributed by atoms with Gasteiger partial charge in [-0.3, -0.25) is 20.0 Å². The smallest absolute Gasteiger partial charge is 0.383 e. The average molecular weight is 605 g/mol. The van der Waals surface area contributed by atoms with E-state index in [4.69, 9.17) is 11.6 Å². The van der Waals surface area contributed by atoms with Crippen molar-refractivity contribution in [1.82, 2.24) is 20.5 Å². The van der Waals surface area contributed by atoms with Crippen molar-refractivity contribution in [2.24, 2.45) is 5.41 Å². The van der Waals surface area contributed by atoms with Crippen LogP contribution in [0.4, 0.5) is 30.2 Å². The number of nitrogens with zero attached hydrogens (tertiary/aromatic N) is 5. The lowest BCUT2D eigenvalue weighted by molar-refractivity contribution is -0.194. The third-order valence-electron chi connectivity index (χ3n) is 8.23. The third-order valence-corrected chi connectivity index (χ3v) is 8.52. The lowest BCUT2D eigenvalue weighted by atomic mass is 9.92. The van der Waals surface area contributed by atoms with Gasteiger partial charge < -0.3 is 10.6 Å². The first kappa shape index (κ1) is 27.6. The van der Waals surface area contributed by atoms with E-state index in [2.05, 4.69) is 53.0 Å². The molecule has 3 aliphatic rings. The second-order valence-corrected chi connectivity index (χ2v) is 12.9. The predicted octanol–water partition coefficient (Wildman–Crippen LogP) is 7.41. The molecule has 0 amide bonds. The molecule has 8 nitrogen and oxygen atoms in total. The molecule has 0 bridgehead atoms. The molecule has 4 aromatic rings. The first-order valence-electron chi connectivity index (χ1n) is 13.9. The Labute approximate surface area is 251 Å². The van der Waals surface area contributed by atoms with Crippen molar-refractivity contribution < 1.29 is 13.2 Å².